The molecule has 12 rings (SSSR count). The van der Waals surface area contributed by atoms with Crippen molar-refractivity contribution in [2.75, 3.05) is 4.90 Å². The molecule has 0 bridgehead atoms. The quantitative estimate of drug-likeness (QED) is 0.161. The Kier molecular flexibility index (Phi) is 8.56. The molecule has 5 nitrogen and oxygen atoms in total. The van der Waals surface area contributed by atoms with E-state index in [9.17, 15) is 0 Å². The molecule has 62 heavy (non-hydrogen) atoms. The van der Waals surface area contributed by atoms with Gasteiger partial charge in [-0.25, -0.2) is 15.0 Å². The maximum Gasteiger partial charge on any atom is 0.164 e. The third kappa shape index (κ3) is 6.22. The van der Waals surface area contributed by atoms with Gasteiger partial charge in [0.2, 0.25) is 0 Å². The van der Waals surface area contributed by atoms with Crippen LogP contribution < -0.4 is 4.90 Å². The van der Waals surface area contributed by atoms with E-state index in [4.69, 9.17) is 19.4 Å². The zero-order valence-corrected chi connectivity index (χ0v) is 33.6. The molecular formula is C57H38N4O. The molecule has 8 aromatic carbocycles. The molecule has 2 atom stereocenters. The minimum Gasteiger partial charge on any atom is -0.456 e. The molecule has 3 heterocycles. The fourth-order valence-electron chi connectivity index (χ4n) is 9.32. The van der Waals surface area contributed by atoms with Gasteiger partial charge in [0, 0.05) is 44.9 Å². The Morgan fingerprint density at radius 1 is 0.403 bits per heavy atom. The van der Waals surface area contributed by atoms with Gasteiger partial charge in [-0.3, -0.25) is 0 Å². The van der Waals surface area contributed by atoms with Gasteiger partial charge < -0.3 is 9.32 Å². The number of fused-ring (bicyclic) bond motifs is 7. The van der Waals surface area contributed by atoms with E-state index in [0.29, 0.717) is 17.5 Å². The van der Waals surface area contributed by atoms with Gasteiger partial charge in [0.05, 0.1) is 6.04 Å². The number of rotatable bonds is 7. The van der Waals surface area contributed by atoms with E-state index in [2.05, 4.69) is 187 Å². The second-order valence-electron chi connectivity index (χ2n) is 16.0. The molecule has 2 aromatic heterocycles. The van der Waals surface area contributed by atoms with Gasteiger partial charge in [0.25, 0.3) is 0 Å². The highest BCUT2D eigenvalue weighted by Crippen LogP contribution is 2.54. The van der Waals surface area contributed by atoms with E-state index in [-0.39, 0.29) is 12.0 Å². The smallest absolute Gasteiger partial charge is 0.164 e. The van der Waals surface area contributed by atoms with Crippen LogP contribution in [0.4, 0.5) is 11.4 Å². The average molecular weight is 795 g/mol. The Bertz CT molecular complexity index is 3290. The molecule has 1 aliphatic carbocycles. The van der Waals surface area contributed by atoms with Crippen molar-refractivity contribution in [2.24, 2.45) is 0 Å². The van der Waals surface area contributed by atoms with E-state index >= 15 is 0 Å². The Hall–Kier alpha value is -8.15. The Morgan fingerprint density at radius 2 is 0.887 bits per heavy atom. The largest absolute Gasteiger partial charge is 0.456 e. The van der Waals surface area contributed by atoms with Crippen molar-refractivity contribution in [2.45, 2.75) is 12.0 Å². The molecule has 0 saturated heterocycles. The SMILES string of the molecule is C1=CC2C(c3ccccc3N2c2cccc(-c3ccc(-c4ccccc4)cc3)c2)c2c1oc1ccc(-c3nc(-c4ccccc4)nc(-c4ccc(-c5ccccc5)cc4)n3)cc21. The normalized spacial score (nSPS) is 15.0. The number of benzene rings is 8. The van der Waals surface area contributed by atoms with Crippen molar-refractivity contribution >= 4 is 28.4 Å². The summed E-state index contributed by atoms with van der Waals surface area (Å²) in [5.41, 5.74) is 15.5. The first-order valence-corrected chi connectivity index (χ1v) is 21.1. The van der Waals surface area contributed by atoms with Crippen molar-refractivity contribution in [3.05, 3.63) is 229 Å². The molecule has 2 aliphatic rings. The number of furan rings is 1. The highest BCUT2D eigenvalue weighted by molar-refractivity contribution is 5.93. The molecule has 2 unspecified atom stereocenters. The number of aromatic nitrogens is 3. The lowest BCUT2D eigenvalue weighted by Crippen LogP contribution is -2.30. The lowest BCUT2D eigenvalue weighted by molar-refractivity contribution is 0.584. The van der Waals surface area contributed by atoms with Gasteiger partial charge in [-0.05, 0) is 81.4 Å². The monoisotopic (exact) mass is 794 g/mol. The number of hydrogen-bond acceptors (Lipinski definition) is 5. The van der Waals surface area contributed by atoms with Crippen molar-refractivity contribution < 1.29 is 4.42 Å². The van der Waals surface area contributed by atoms with Crippen LogP contribution in [0.1, 0.15) is 22.8 Å². The maximum atomic E-state index is 6.64. The summed E-state index contributed by atoms with van der Waals surface area (Å²) in [5, 5.41) is 1.07. The highest BCUT2D eigenvalue weighted by Gasteiger charge is 2.43. The van der Waals surface area contributed by atoms with E-state index < -0.39 is 0 Å². The maximum absolute atomic E-state index is 6.64. The minimum atomic E-state index is 0.0485. The van der Waals surface area contributed by atoms with Gasteiger partial charge in [0.15, 0.2) is 17.5 Å². The van der Waals surface area contributed by atoms with Gasteiger partial charge in [0.1, 0.15) is 11.3 Å². The van der Waals surface area contributed by atoms with Crippen LogP contribution in [0.2, 0.25) is 0 Å². The zero-order valence-electron chi connectivity index (χ0n) is 33.6. The Labute approximate surface area is 360 Å². The van der Waals surface area contributed by atoms with Crippen molar-refractivity contribution in [3.63, 3.8) is 0 Å². The van der Waals surface area contributed by atoms with Crippen molar-refractivity contribution in [1.82, 2.24) is 15.0 Å². The predicted molar refractivity (Wildman–Crippen MR) is 252 cm³/mol. The summed E-state index contributed by atoms with van der Waals surface area (Å²) in [6.07, 6.45) is 4.47. The van der Waals surface area contributed by atoms with Crippen LogP contribution >= 0.6 is 0 Å². The van der Waals surface area contributed by atoms with Crippen LogP contribution in [-0.4, -0.2) is 21.0 Å². The summed E-state index contributed by atoms with van der Waals surface area (Å²) in [5.74, 6) is 2.81. The fraction of sp³-hybridized carbons (Fsp3) is 0.0351. The second-order valence-corrected chi connectivity index (χ2v) is 16.0. The van der Waals surface area contributed by atoms with Gasteiger partial charge >= 0.3 is 0 Å². The summed E-state index contributed by atoms with van der Waals surface area (Å²) in [6.45, 7) is 0. The van der Waals surface area contributed by atoms with Crippen LogP contribution in [0.3, 0.4) is 0 Å². The molecule has 0 fully saturated rings. The predicted octanol–water partition coefficient (Wildman–Crippen LogP) is 14.3. The molecule has 0 N–H and O–H groups in total. The average Bonchev–Trinajstić information content (AvgIpc) is 3.90. The van der Waals surface area contributed by atoms with Crippen LogP contribution in [0.15, 0.2) is 217 Å². The van der Waals surface area contributed by atoms with E-state index in [0.717, 1.165) is 44.7 Å². The third-order valence-electron chi connectivity index (χ3n) is 12.3. The van der Waals surface area contributed by atoms with Gasteiger partial charge in [-0.2, -0.15) is 0 Å². The Morgan fingerprint density at radius 3 is 1.53 bits per heavy atom. The third-order valence-corrected chi connectivity index (χ3v) is 12.3. The van der Waals surface area contributed by atoms with Gasteiger partial charge in [-0.1, -0.05) is 176 Å². The zero-order chi connectivity index (χ0) is 41.0. The van der Waals surface area contributed by atoms with Crippen molar-refractivity contribution in [1.29, 1.82) is 0 Å². The summed E-state index contributed by atoms with van der Waals surface area (Å²) < 4.78 is 6.64. The van der Waals surface area contributed by atoms with Gasteiger partial charge in [-0.15, -0.1) is 0 Å². The van der Waals surface area contributed by atoms with Crippen LogP contribution in [0.5, 0.6) is 0 Å². The topological polar surface area (TPSA) is 55.1 Å². The molecule has 10 aromatic rings. The minimum absolute atomic E-state index is 0.0485. The van der Waals surface area contributed by atoms with E-state index in [1.165, 1.54) is 44.6 Å². The van der Waals surface area contributed by atoms with Crippen LogP contribution in [0.25, 0.3) is 84.6 Å². The number of hydrogen-bond donors (Lipinski definition) is 0. The highest BCUT2D eigenvalue weighted by atomic mass is 16.3. The second kappa shape index (κ2) is 14.8. The summed E-state index contributed by atoms with van der Waals surface area (Å²) >= 11 is 0. The number of para-hydroxylation sites is 1. The standard InChI is InChI=1S/C57H38N4O/c1-4-13-37(14-5-1)39-23-25-41(26-24-39)44-19-12-20-46(35-44)61-49-22-11-10-21-47(49)53-50(61)32-34-52-54(53)48-36-45(31-33-51(48)62-52)57-59-55(42-17-8-3-9-18-42)58-56(60-57)43-29-27-40(28-30-43)38-15-6-2-7-16-38/h1-36,50,53H. The molecule has 1 aliphatic heterocycles. The first-order valence-electron chi connectivity index (χ1n) is 21.1. The first-order chi connectivity index (χ1) is 30.7. The van der Waals surface area contributed by atoms with Crippen LogP contribution in [0, 0.1) is 0 Å². The van der Waals surface area contributed by atoms with E-state index in [1.54, 1.807) is 0 Å². The lowest BCUT2D eigenvalue weighted by Gasteiger charge is -2.30. The number of anilines is 2. The summed E-state index contributed by atoms with van der Waals surface area (Å²) in [6, 6.07) is 72.6. The molecule has 0 saturated carbocycles. The van der Waals surface area contributed by atoms with Crippen LogP contribution in [-0.2, 0) is 0 Å². The molecule has 0 amide bonds. The summed E-state index contributed by atoms with van der Waals surface area (Å²) in [7, 11) is 0. The molecular weight excluding hydrogens is 757 g/mol. The Balaban J connectivity index is 0.929. The molecule has 292 valence electrons. The molecule has 5 heteroatoms. The fourth-order valence-corrected chi connectivity index (χ4v) is 9.32. The first kappa shape index (κ1) is 35.8. The lowest BCUT2D eigenvalue weighted by atomic mass is 9.82. The molecule has 0 radical (unpaired) electrons. The number of nitrogens with zero attached hydrogens (tertiary/aromatic N) is 4. The molecule has 0 spiro atoms. The van der Waals surface area contributed by atoms with Crippen molar-refractivity contribution in [3.8, 4) is 67.5 Å². The summed E-state index contributed by atoms with van der Waals surface area (Å²) in [4.78, 5) is 17.8. The van der Waals surface area contributed by atoms with E-state index in [1.807, 2.05) is 36.4 Å².